The minimum Gasteiger partial charge on any atom is -0.383 e. The molecule has 0 radical (unpaired) electrons. The van der Waals surface area contributed by atoms with Crippen LogP contribution >= 0.6 is 34.2 Å². The number of rotatable bonds is 2. The van der Waals surface area contributed by atoms with Crippen molar-refractivity contribution in [1.29, 1.82) is 0 Å². The summed E-state index contributed by atoms with van der Waals surface area (Å²) in [6.07, 6.45) is 1.53. The maximum absolute atomic E-state index is 12.0. The second kappa shape index (κ2) is 5.53. The van der Waals surface area contributed by atoms with Crippen LogP contribution in [0.4, 0.5) is 11.5 Å². The van der Waals surface area contributed by atoms with Crippen LogP contribution in [0.3, 0.4) is 0 Å². The number of carbonyl (C=O) groups excluding carboxylic acids is 1. The SMILES string of the molecule is Nc1ncccc1C(=O)Nc1ccc(I)cc1Cl. The summed E-state index contributed by atoms with van der Waals surface area (Å²) >= 11 is 8.18. The molecule has 18 heavy (non-hydrogen) atoms. The van der Waals surface area contributed by atoms with Crippen molar-refractivity contribution in [3.63, 3.8) is 0 Å². The van der Waals surface area contributed by atoms with Gasteiger partial charge in [-0.1, -0.05) is 11.6 Å². The zero-order chi connectivity index (χ0) is 13.1. The lowest BCUT2D eigenvalue weighted by Crippen LogP contribution is -2.14. The molecule has 0 aliphatic carbocycles. The molecule has 1 aromatic carbocycles. The number of hydrogen-bond acceptors (Lipinski definition) is 3. The zero-order valence-electron chi connectivity index (χ0n) is 9.15. The molecule has 4 nitrogen and oxygen atoms in total. The van der Waals surface area contributed by atoms with Gasteiger partial charge in [-0.05, 0) is 52.9 Å². The summed E-state index contributed by atoms with van der Waals surface area (Å²) in [5.74, 6) is -0.139. The molecular weight excluding hydrogens is 365 g/mol. The van der Waals surface area contributed by atoms with Crippen LogP contribution in [0.25, 0.3) is 0 Å². The maximum atomic E-state index is 12.0. The normalized spacial score (nSPS) is 10.1. The number of pyridine rings is 1. The molecule has 0 spiro atoms. The van der Waals surface area contributed by atoms with E-state index in [0.717, 1.165) is 3.57 Å². The monoisotopic (exact) mass is 373 g/mol. The highest BCUT2D eigenvalue weighted by molar-refractivity contribution is 14.1. The van der Waals surface area contributed by atoms with E-state index in [2.05, 4.69) is 32.9 Å². The summed E-state index contributed by atoms with van der Waals surface area (Å²) in [5.41, 5.74) is 6.50. The average molecular weight is 374 g/mol. The quantitative estimate of drug-likeness (QED) is 0.795. The molecule has 0 bridgehead atoms. The summed E-state index contributed by atoms with van der Waals surface area (Å²) < 4.78 is 0.997. The number of nitrogen functional groups attached to an aromatic ring is 1. The van der Waals surface area contributed by atoms with Crippen LogP contribution in [-0.2, 0) is 0 Å². The summed E-state index contributed by atoms with van der Waals surface area (Å²) in [5, 5.41) is 3.18. The van der Waals surface area contributed by atoms with Crippen molar-refractivity contribution in [2.75, 3.05) is 11.1 Å². The van der Waals surface area contributed by atoms with Gasteiger partial charge in [0, 0.05) is 9.77 Å². The second-order valence-corrected chi connectivity index (χ2v) is 5.17. The number of aromatic nitrogens is 1. The Balaban J connectivity index is 2.24. The van der Waals surface area contributed by atoms with E-state index in [0.29, 0.717) is 16.3 Å². The molecule has 1 heterocycles. The van der Waals surface area contributed by atoms with Gasteiger partial charge >= 0.3 is 0 Å². The predicted octanol–water partition coefficient (Wildman–Crippen LogP) is 3.17. The highest BCUT2D eigenvalue weighted by atomic mass is 127. The Bertz CT molecular complexity index is 604. The second-order valence-electron chi connectivity index (χ2n) is 3.51. The van der Waals surface area contributed by atoms with Gasteiger partial charge in [-0.3, -0.25) is 4.79 Å². The average Bonchev–Trinajstić information content (AvgIpc) is 2.33. The number of nitrogens with one attached hydrogen (secondary N) is 1. The van der Waals surface area contributed by atoms with Crippen molar-refractivity contribution >= 4 is 51.6 Å². The van der Waals surface area contributed by atoms with Gasteiger partial charge in [0.2, 0.25) is 0 Å². The maximum Gasteiger partial charge on any atom is 0.259 e. The molecule has 2 aromatic rings. The Morgan fingerprint density at radius 2 is 2.17 bits per heavy atom. The molecule has 3 N–H and O–H groups in total. The highest BCUT2D eigenvalue weighted by Gasteiger charge is 2.11. The van der Waals surface area contributed by atoms with Crippen molar-refractivity contribution in [3.8, 4) is 0 Å². The van der Waals surface area contributed by atoms with E-state index in [1.165, 1.54) is 6.20 Å². The lowest BCUT2D eigenvalue weighted by molar-refractivity contribution is 0.102. The van der Waals surface area contributed by atoms with Gasteiger partial charge in [-0.2, -0.15) is 0 Å². The predicted molar refractivity (Wildman–Crippen MR) is 80.8 cm³/mol. The van der Waals surface area contributed by atoms with Gasteiger partial charge in [0.1, 0.15) is 5.82 Å². The van der Waals surface area contributed by atoms with Gasteiger partial charge in [0.25, 0.3) is 5.91 Å². The van der Waals surface area contributed by atoms with Crippen molar-refractivity contribution in [2.45, 2.75) is 0 Å². The molecule has 0 saturated carbocycles. The van der Waals surface area contributed by atoms with E-state index >= 15 is 0 Å². The number of hydrogen-bond donors (Lipinski definition) is 2. The summed E-state index contributed by atoms with van der Waals surface area (Å²) in [4.78, 5) is 15.8. The number of amides is 1. The first-order valence-corrected chi connectivity index (χ1v) is 6.50. The van der Waals surface area contributed by atoms with Gasteiger partial charge in [0.15, 0.2) is 0 Å². The fourth-order valence-electron chi connectivity index (χ4n) is 1.39. The first-order valence-electron chi connectivity index (χ1n) is 5.05. The van der Waals surface area contributed by atoms with E-state index in [4.69, 9.17) is 17.3 Å². The van der Waals surface area contributed by atoms with Crippen molar-refractivity contribution < 1.29 is 4.79 Å². The Morgan fingerprint density at radius 1 is 1.39 bits per heavy atom. The Morgan fingerprint density at radius 3 is 2.83 bits per heavy atom. The molecule has 0 atom stereocenters. The molecule has 0 fully saturated rings. The van der Waals surface area contributed by atoms with Gasteiger partial charge in [0.05, 0.1) is 16.3 Å². The van der Waals surface area contributed by atoms with Gasteiger partial charge in [-0.15, -0.1) is 0 Å². The van der Waals surface area contributed by atoms with E-state index in [-0.39, 0.29) is 11.7 Å². The topological polar surface area (TPSA) is 68.0 Å². The molecule has 1 amide bonds. The van der Waals surface area contributed by atoms with Crippen LogP contribution < -0.4 is 11.1 Å². The first-order chi connectivity index (χ1) is 8.58. The van der Waals surface area contributed by atoms with E-state index in [1.807, 2.05) is 6.07 Å². The van der Waals surface area contributed by atoms with Crippen LogP contribution in [0, 0.1) is 3.57 Å². The van der Waals surface area contributed by atoms with Crippen molar-refractivity contribution in [3.05, 3.63) is 50.7 Å². The molecule has 6 heteroatoms. The molecule has 0 aliphatic heterocycles. The molecule has 2 rings (SSSR count). The van der Waals surface area contributed by atoms with Crippen molar-refractivity contribution in [1.82, 2.24) is 4.98 Å². The summed E-state index contributed by atoms with van der Waals surface area (Å²) in [6, 6.07) is 8.63. The smallest absolute Gasteiger partial charge is 0.259 e. The Hall–Kier alpha value is -1.34. The van der Waals surface area contributed by atoms with E-state index < -0.39 is 0 Å². The van der Waals surface area contributed by atoms with E-state index in [1.54, 1.807) is 24.3 Å². The lowest BCUT2D eigenvalue weighted by Gasteiger charge is -2.08. The summed E-state index contributed by atoms with van der Waals surface area (Å²) in [6.45, 7) is 0. The van der Waals surface area contributed by atoms with Gasteiger partial charge in [-0.25, -0.2) is 4.98 Å². The molecule has 0 saturated heterocycles. The molecule has 92 valence electrons. The number of halogens is 2. The Kier molecular flexibility index (Phi) is 4.03. The first kappa shape index (κ1) is 13.1. The minimum absolute atomic E-state index is 0.191. The number of benzene rings is 1. The van der Waals surface area contributed by atoms with Crippen LogP contribution in [0.15, 0.2) is 36.5 Å². The zero-order valence-corrected chi connectivity index (χ0v) is 12.1. The van der Waals surface area contributed by atoms with Crippen LogP contribution in [0.1, 0.15) is 10.4 Å². The van der Waals surface area contributed by atoms with Crippen LogP contribution in [0.2, 0.25) is 5.02 Å². The van der Waals surface area contributed by atoms with E-state index in [9.17, 15) is 4.79 Å². The third kappa shape index (κ3) is 2.91. The Labute approximate surface area is 123 Å². The fraction of sp³-hybridized carbons (Fsp3) is 0. The number of anilines is 2. The highest BCUT2D eigenvalue weighted by Crippen LogP contribution is 2.24. The number of nitrogens with zero attached hydrogens (tertiary/aromatic N) is 1. The number of carbonyl (C=O) groups is 1. The summed E-state index contributed by atoms with van der Waals surface area (Å²) in [7, 11) is 0. The largest absolute Gasteiger partial charge is 0.383 e. The molecule has 1 aromatic heterocycles. The lowest BCUT2D eigenvalue weighted by atomic mass is 10.2. The fourth-order valence-corrected chi connectivity index (χ4v) is 2.29. The third-order valence-corrected chi connectivity index (χ3v) is 3.25. The minimum atomic E-state index is -0.330. The standard InChI is InChI=1S/C12H9ClIN3O/c13-9-6-7(14)3-4-10(9)17-12(18)8-2-1-5-16-11(8)15/h1-6H,(H2,15,16)(H,17,18). The van der Waals surface area contributed by atoms with Crippen LogP contribution in [-0.4, -0.2) is 10.9 Å². The van der Waals surface area contributed by atoms with Gasteiger partial charge < -0.3 is 11.1 Å². The molecule has 0 aliphatic rings. The van der Waals surface area contributed by atoms with Crippen molar-refractivity contribution in [2.24, 2.45) is 0 Å². The van der Waals surface area contributed by atoms with Crippen LogP contribution in [0.5, 0.6) is 0 Å². The molecule has 0 unspecified atom stereocenters. The molecular formula is C12H9ClIN3O. The third-order valence-electron chi connectivity index (χ3n) is 2.26. The number of nitrogens with two attached hydrogens (primary N) is 1.